The predicted octanol–water partition coefficient (Wildman–Crippen LogP) is 3.74. The molecule has 2 aromatic heterocycles. The number of carbonyl (C=O) groups is 1. The van der Waals surface area contributed by atoms with Gasteiger partial charge in [0.15, 0.2) is 16.6 Å². The summed E-state index contributed by atoms with van der Waals surface area (Å²) in [5.41, 5.74) is -0.296. The summed E-state index contributed by atoms with van der Waals surface area (Å²) in [6, 6.07) is 1.68. The van der Waals surface area contributed by atoms with Gasteiger partial charge >= 0.3 is 12.1 Å². The molecule has 2 aliphatic heterocycles. The zero-order chi connectivity index (χ0) is 24.6. The minimum atomic E-state index is -0.639. The van der Waals surface area contributed by atoms with Gasteiger partial charge in [0.2, 0.25) is 0 Å². The van der Waals surface area contributed by atoms with Crippen molar-refractivity contribution in [2.24, 2.45) is 0 Å². The van der Waals surface area contributed by atoms with Crippen LogP contribution in [-0.2, 0) is 4.74 Å². The second-order valence-corrected chi connectivity index (χ2v) is 10.4. The van der Waals surface area contributed by atoms with E-state index < -0.39 is 11.4 Å². The Bertz CT molecular complexity index is 1070. The number of hydrogen-bond donors (Lipinski definition) is 0. The van der Waals surface area contributed by atoms with E-state index in [-0.39, 0.29) is 28.9 Å². The van der Waals surface area contributed by atoms with Gasteiger partial charge in [0, 0.05) is 31.7 Å². The Morgan fingerprint density at radius 2 is 2.00 bits per heavy atom. The first-order valence-electron chi connectivity index (χ1n) is 11.6. The number of fused-ring (bicyclic) bond motifs is 1. The molecule has 11 heteroatoms. The van der Waals surface area contributed by atoms with Gasteiger partial charge in [-0.3, -0.25) is 0 Å². The van der Waals surface area contributed by atoms with Crippen molar-refractivity contribution in [1.82, 2.24) is 24.8 Å². The SMILES string of the molecule is CC1CN(C(=O)OC(C)(C)C)CCN1c1nc(OC[C@@H]2CCCN2C)nc2nc(Cl)c(F)cc12. The van der Waals surface area contributed by atoms with Crippen molar-refractivity contribution in [3.63, 3.8) is 0 Å². The predicted molar refractivity (Wildman–Crippen MR) is 128 cm³/mol. The van der Waals surface area contributed by atoms with E-state index in [0.29, 0.717) is 43.5 Å². The van der Waals surface area contributed by atoms with Gasteiger partial charge in [-0.05, 0) is 60.2 Å². The molecule has 2 aromatic rings. The van der Waals surface area contributed by atoms with E-state index in [0.717, 1.165) is 19.4 Å². The molecule has 4 heterocycles. The Balaban J connectivity index is 1.60. The molecule has 4 rings (SSSR count). The van der Waals surface area contributed by atoms with Crippen molar-refractivity contribution >= 4 is 34.5 Å². The molecule has 0 N–H and O–H groups in total. The number of likely N-dealkylation sites (tertiary alicyclic amines) is 1. The highest BCUT2D eigenvalue weighted by molar-refractivity contribution is 6.30. The number of rotatable bonds is 4. The van der Waals surface area contributed by atoms with E-state index in [1.807, 2.05) is 32.6 Å². The van der Waals surface area contributed by atoms with E-state index in [9.17, 15) is 9.18 Å². The van der Waals surface area contributed by atoms with Crippen LogP contribution in [0.25, 0.3) is 11.0 Å². The third-order valence-corrected chi connectivity index (χ3v) is 6.45. The number of piperazine rings is 1. The fourth-order valence-electron chi connectivity index (χ4n) is 4.38. The van der Waals surface area contributed by atoms with Gasteiger partial charge < -0.3 is 24.2 Å². The first-order valence-corrected chi connectivity index (χ1v) is 12.0. The van der Waals surface area contributed by atoms with E-state index in [4.69, 9.17) is 21.1 Å². The van der Waals surface area contributed by atoms with Crippen molar-refractivity contribution in [3.05, 3.63) is 17.0 Å². The van der Waals surface area contributed by atoms with Gasteiger partial charge in [0.25, 0.3) is 0 Å². The van der Waals surface area contributed by atoms with E-state index >= 15 is 0 Å². The van der Waals surface area contributed by atoms with Crippen LogP contribution in [0.4, 0.5) is 15.0 Å². The van der Waals surface area contributed by atoms with Crippen LogP contribution in [0.1, 0.15) is 40.5 Å². The van der Waals surface area contributed by atoms with Gasteiger partial charge in [0.1, 0.15) is 18.0 Å². The number of halogens is 2. The normalized spacial score (nSPS) is 21.9. The van der Waals surface area contributed by atoms with Crippen LogP contribution < -0.4 is 9.64 Å². The third kappa shape index (κ3) is 5.43. The fraction of sp³-hybridized carbons (Fsp3) is 0.652. The van der Waals surface area contributed by atoms with Gasteiger partial charge in [-0.15, -0.1) is 0 Å². The van der Waals surface area contributed by atoms with Crippen molar-refractivity contribution < 1.29 is 18.7 Å². The van der Waals surface area contributed by atoms with Crippen LogP contribution in [0.15, 0.2) is 6.07 Å². The highest BCUT2D eigenvalue weighted by Gasteiger charge is 2.32. The fourth-order valence-corrected chi connectivity index (χ4v) is 4.52. The molecule has 186 valence electrons. The average molecular weight is 495 g/mol. The van der Waals surface area contributed by atoms with Crippen LogP contribution in [0.5, 0.6) is 6.01 Å². The molecule has 1 amide bonds. The van der Waals surface area contributed by atoms with Crippen molar-refractivity contribution in [2.75, 3.05) is 44.7 Å². The summed E-state index contributed by atoms with van der Waals surface area (Å²) in [4.78, 5) is 31.7. The first kappa shape index (κ1) is 24.7. The largest absolute Gasteiger partial charge is 0.462 e. The number of ether oxygens (including phenoxy) is 2. The lowest BCUT2D eigenvalue weighted by Gasteiger charge is -2.41. The molecule has 2 fully saturated rings. The van der Waals surface area contributed by atoms with Gasteiger partial charge in [-0.25, -0.2) is 14.2 Å². The maximum Gasteiger partial charge on any atom is 0.410 e. The Hall–Kier alpha value is -2.46. The number of anilines is 1. The maximum absolute atomic E-state index is 14.3. The quantitative estimate of drug-likeness (QED) is 0.594. The standard InChI is InChI=1S/C23H32ClFN6O3/c1-14-12-30(22(32)34-23(2,3)4)9-10-31(14)20-16-11-17(25)18(24)26-19(16)27-21(28-20)33-13-15-7-6-8-29(15)5/h11,14-15H,6-10,12-13H2,1-5H3/t14?,15-/m0/s1. The molecule has 0 bridgehead atoms. The molecule has 0 aromatic carbocycles. The second-order valence-electron chi connectivity index (χ2n) is 10.0. The number of pyridine rings is 1. The minimum absolute atomic E-state index is 0.105. The highest BCUT2D eigenvalue weighted by atomic mass is 35.5. The van der Waals surface area contributed by atoms with Crippen LogP contribution in [0.3, 0.4) is 0 Å². The Labute approximate surface area is 204 Å². The zero-order valence-electron chi connectivity index (χ0n) is 20.3. The summed E-state index contributed by atoms with van der Waals surface area (Å²) < 4.78 is 25.8. The molecule has 0 saturated carbocycles. The highest BCUT2D eigenvalue weighted by Crippen LogP contribution is 2.31. The molecule has 2 atom stereocenters. The molecule has 0 spiro atoms. The molecule has 2 aliphatic rings. The van der Waals surface area contributed by atoms with E-state index in [1.54, 1.807) is 4.90 Å². The van der Waals surface area contributed by atoms with E-state index in [2.05, 4.69) is 26.9 Å². The Morgan fingerprint density at radius 1 is 1.24 bits per heavy atom. The second kappa shape index (κ2) is 9.65. The summed E-state index contributed by atoms with van der Waals surface area (Å²) >= 11 is 5.95. The molecule has 0 radical (unpaired) electrons. The first-order chi connectivity index (χ1) is 16.0. The zero-order valence-corrected chi connectivity index (χ0v) is 21.1. The van der Waals surface area contributed by atoms with Crippen LogP contribution >= 0.6 is 11.6 Å². The molecular formula is C23H32ClFN6O3. The van der Waals surface area contributed by atoms with Crippen LogP contribution in [0.2, 0.25) is 5.15 Å². The van der Waals surface area contributed by atoms with Crippen LogP contribution in [0, 0.1) is 5.82 Å². The molecule has 34 heavy (non-hydrogen) atoms. The smallest absolute Gasteiger partial charge is 0.410 e. The van der Waals surface area contributed by atoms with Crippen molar-refractivity contribution in [1.29, 1.82) is 0 Å². The lowest BCUT2D eigenvalue weighted by molar-refractivity contribution is 0.0218. The van der Waals surface area contributed by atoms with E-state index in [1.165, 1.54) is 6.07 Å². The van der Waals surface area contributed by atoms with Gasteiger partial charge in [-0.1, -0.05) is 11.6 Å². The number of carbonyl (C=O) groups excluding carboxylic acids is 1. The molecule has 9 nitrogen and oxygen atoms in total. The van der Waals surface area contributed by atoms with Crippen molar-refractivity contribution in [3.8, 4) is 6.01 Å². The Kier molecular flexibility index (Phi) is 7.00. The van der Waals surface area contributed by atoms with Gasteiger partial charge in [0.05, 0.1) is 5.39 Å². The summed E-state index contributed by atoms with van der Waals surface area (Å²) in [6.07, 6.45) is 1.83. The summed E-state index contributed by atoms with van der Waals surface area (Å²) in [6.45, 7) is 10.4. The minimum Gasteiger partial charge on any atom is -0.462 e. The maximum atomic E-state index is 14.3. The number of aromatic nitrogens is 3. The van der Waals surface area contributed by atoms with Crippen molar-refractivity contribution in [2.45, 2.75) is 58.2 Å². The number of nitrogens with zero attached hydrogens (tertiary/aromatic N) is 6. The Morgan fingerprint density at radius 3 is 2.65 bits per heavy atom. The molecular weight excluding hydrogens is 463 g/mol. The average Bonchev–Trinajstić information content (AvgIpc) is 3.16. The lowest BCUT2D eigenvalue weighted by Crippen LogP contribution is -2.55. The van der Waals surface area contributed by atoms with Crippen LogP contribution in [-0.4, -0.2) is 88.4 Å². The number of likely N-dealkylation sites (N-methyl/N-ethyl adjacent to an activating group) is 1. The number of hydrogen-bond acceptors (Lipinski definition) is 8. The number of amides is 1. The monoisotopic (exact) mass is 494 g/mol. The summed E-state index contributed by atoms with van der Waals surface area (Å²) in [5.74, 6) is -0.125. The third-order valence-electron chi connectivity index (χ3n) is 6.18. The lowest BCUT2D eigenvalue weighted by atomic mass is 10.1. The molecule has 2 saturated heterocycles. The molecule has 1 unspecified atom stereocenters. The topological polar surface area (TPSA) is 83.9 Å². The van der Waals surface area contributed by atoms with Gasteiger partial charge in [-0.2, -0.15) is 9.97 Å². The summed E-state index contributed by atoms with van der Waals surface area (Å²) in [7, 11) is 2.07. The summed E-state index contributed by atoms with van der Waals surface area (Å²) in [5, 5.41) is 0.200. The molecule has 0 aliphatic carbocycles.